The highest BCUT2D eigenvalue weighted by Gasteiger charge is 2.19. The summed E-state index contributed by atoms with van der Waals surface area (Å²) in [6.07, 6.45) is 9.25. The van der Waals surface area contributed by atoms with Crippen molar-refractivity contribution in [3.63, 3.8) is 0 Å². The maximum atomic E-state index is 12.2. The summed E-state index contributed by atoms with van der Waals surface area (Å²) in [5.41, 5.74) is 1.05. The molecule has 1 heterocycles. The summed E-state index contributed by atoms with van der Waals surface area (Å²) < 4.78 is 1.74. The number of aromatic nitrogens is 2. The van der Waals surface area contributed by atoms with Crippen molar-refractivity contribution < 1.29 is 9.59 Å². The Labute approximate surface area is 143 Å². The molecule has 0 unspecified atom stereocenters. The quantitative estimate of drug-likeness (QED) is 0.831. The van der Waals surface area contributed by atoms with Crippen LogP contribution in [-0.4, -0.2) is 45.2 Å². The summed E-state index contributed by atoms with van der Waals surface area (Å²) in [6.45, 7) is 4.88. The van der Waals surface area contributed by atoms with Crippen molar-refractivity contribution in [3.05, 3.63) is 18.0 Å². The Kier molecular flexibility index (Phi) is 6.78. The van der Waals surface area contributed by atoms with Crippen molar-refractivity contribution in [2.75, 3.05) is 6.54 Å². The monoisotopic (exact) mass is 335 g/mol. The molecule has 3 amide bonds. The van der Waals surface area contributed by atoms with Gasteiger partial charge < -0.3 is 5.32 Å². The summed E-state index contributed by atoms with van der Waals surface area (Å²) in [4.78, 5) is 26.1. The van der Waals surface area contributed by atoms with Gasteiger partial charge in [-0.25, -0.2) is 4.79 Å². The Morgan fingerprint density at radius 2 is 2.04 bits per heavy atom. The molecule has 2 N–H and O–H groups in total. The molecule has 1 aromatic heterocycles. The maximum absolute atomic E-state index is 12.2. The van der Waals surface area contributed by atoms with Crippen molar-refractivity contribution in [1.82, 2.24) is 25.3 Å². The summed E-state index contributed by atoms with van der Waals surface area (Å²) in [7, 11) is 1.87. The number of aryl methyl sites for hydroxylation is 1. The molecular weight excluding hydrogens is 306 g/mol. The van der Waals surface area contributed by atoms with E-state index in [-0.39, 0.29) is 30.6 Å². The molecule has 7 nitrogen and oxygen atoms in total. The van der Waals surface area contributed by atoms with Crippen LogP contribution in [0.3, 0.4) is 0 Å². The number of amides is 3. The second-order valence-electron chi connectivity index (χ2n) is 6.88. The van der Waals surface area contributed by atoms with E-state index >= 15 is 0 Å². The summed E-state index contributed by atoms with van der Waals surface area (Å²) >= 11 is 0. The van der Waals surface area contributed by atoms with Crippen LogP contribution in [0.2, 0.25) is 0 Å². The van der Waals surface area contributed by atoms with Crippen LogP contribution < -0.4 is 10.6 Å². The van der Waals surface area contributed by atoms with E-state index in [4.69, 9.17) is 0 Å². The van der Waals surface area contributed by atoms with Gasteiger partial charge in [-0.3, -0.25) is 19.7 Å². The third kappa shape index (κ3) is 5.96. The fraction of sp³-hybridized carbons (Fsp3) is 0.706. The first kappa shape index (κ1) is 18.4. The number of hydrogen-bond acceptors (Lipinski definition) is 4. The minimum absolute atomic E-state index is 0.185. The molecular formula is C17H29N5O2. The first-order valence-electron chi connectivity index (χ1n) is 8.76. The minimum Gasteiger partial charge on any atom is -0.335 e. The zero-order valence-electron chi connectivity index (χ0n) is 14.9. The SMILES string of the molecule is CC(C)N(CC(=O)NC(=O)NC1CCCCC1)Cc1cnn(C)c1. The summed E-state index contributed by atoms with van der Waals surface area (Å²) in [5, 5.41) is 9.50. The number of nitrogens with one attached hydrogen (secondary N) is 2. The lowest BCUT2D eigenvalue weighted by molar-refractivity contribution is -0.121. The van der Waals surface area contributed by atoms with Crippen molar-refractivity contribution >= 4 is 11.9 Å². The lowest BCUT2D eigenvalue weighted by atomic mass is 9.96. The standard InChI is InChI=1S/C17H29N5O2/c1-13(2)22(11-14-9-18-21(3)10-14)12-16(23)20-17(24)19-15-7-5-4-6-8-15/h9-10,13,15H,4-8,11-12H2,1-3H3,(H2,19,20,23,24). The van der Waals surface area contributed by atoms with E-state index in [0.717, 1.165) is 31.2 Å². The molecule has 0 bridgehead atoms. The minimum atomic E-state index is -0.378. The van der Waals surface area contributed by atoms with Crippen molar-refractivity contribution in [2.24, 2.45) is 7.05 Å². The molecule has 2 rings (SSSR count). The van der Waals surface area contributed by atoms with Crippen molar-refractivity contribution in [1.29, 1.82) is 0 Å². The first-order chi connectivity index (χ1) is 11.4. The van der Waals surface area contributed by atoms with E-state index < -0.39 is 0 Å². The largest absolute Gasteiger partial charge is 0.335 e. The predicted molar refractivity (Wildman–Crippen MR) is 92.3 cm³/mol. The van der Waals surface area contributed by atoms with Crippen LogP contribution in [0.25, 0.3) is 0 Å². The van der Waals surface area contributed by atoms with E-state index in [1.54, 1.807) is 10.9 Å². The predicted octanol–water partition coefficient (Wildman–Crippen LogP) is 1.79. The molecule has 1 aliphatic carbocycles. The van der Waals surface area contributed by atoms with Crippen LogP contribution in [0.5, 0.6) is 0 Å². The molecule has 0 aromatic carbocycles. The van der Waals surface area contributed by atoms with Crippen LogP contribution in [0.15, 0.2) is 12.4 Å². The zero-order chi connectivity index (χ0) is 17.5. The fourth-order valence-electron chi connectivity index (χ4n) is 3.03. The van der Waals surface area contributed by atoms with Crippen LogP contribution >= 0.6 is 0 Å². The van der Waals surface area contributed by atoms with Crippen LogP contribution in [0.4, 0.5) is 4.79 Å². The Morgan fingerprint density at radius 1 is 1.33 bits per heavy atom. The molecule has 1 aromatic rings. The van der Waals surface area contributed by atoms with Crippen LogP contribution in [0.1, 0.15) is 51.5 Å². The second-order valence-corrected chi connectivity index (χ2v) is 6.88. The van der Waals surface area contributed by atoms with E-state index in [1.807, 2.05) is 32.0 Å². The van der Waals surface area contributed by atoms with Gasteiger partial charge in [-0.1, -0.05) is 19.3 Å². The number of hydrogen-bond donors (Lipinski definition) is 2. The highest BCUT2D eigenvalue weighted by atomic mass is 16.2. The number of carbonyl (C=O) groups excluding carboxylic acids is 2. The maximum Gasteiger partial charge on any atom is 0.321 e. The van der Waals surface area contributed by atoms with Gasteiger partial charge in [-0.15, -0.1) is 0 Å². The molecule has 0 spiro atoms. The normalized spacial score (nSPS) is 15.7. The van der Waals surface area contributed by atoms with Gasteiger partial charge in [-0.05, 0) is 26.7 Å². The van der Waals surface area contributed by atoms with E-state index in [9.17, 15) is 9.59 Å². The number of nitrogens with zero attached hydrogens (tertiary/aromatic N) is 3. The lowest BCUT2D eigenvalue weighted by Crippen LogP contribution is -2.48. The van der Waals surface area contributed by atoms with Crippen molar-refractivity contribution in [2.45, 2.75) is 64.6 Å². The molecule has 0 saturated heterocycles. The van der Waals surface area contributed by atoms with E-state index in [1.165, 1.54) is 6.42 Å². The molecule has 0 atom stereocenters. The molecule has 24 heavy (non-hydrogen) atoms. The molecule has 1 saturated carbocycles. The number of urea groups is 1. The summed E-state index contributed by atoms with van der Waals surface area (Å²) in [6, 6.07) is 0.0116. The molecule has 0 radical (unpaired) electrons. The zero-order valence-corrected chi connectivity index (χ0v) is 14.9. The highest BCUT2D eigenvalue weighted by molar-refractivity contribution is 5.95. The molecule has 7 heteroatoms. The average molecular weight is 335 g/mol. The van der Waals surface area contributed by atoms with Crippen LogP contribution in [-0.2, 0) is 18.4 Å². The third-order valence-electron chi connectivity index (χ3n) is 4.41. The molecule has 0 aliphatic heterocycles. The van der Waals surface area contributed by atoms with Crippen molar-refractivity contribution in [3.8, 4) is 0 Å². The van der Waals surface area contributed by atoms with Gasteiger partial charge in [0.2, 0.25) is 5.91 Å². The van der Waals surface area contributed by atoms with E-state index in [2.05, 4.69) is 15.7 Å². The first-order valence-corrected chi connectivity index (χ1v) is 8.76. The van der Waals surface area contributed by atoms with Gasteiger partial charge in [0.15, 0.2) is 0 Å². The molecule has 1 aliphatic rings. The van der Waals surface area contributed by atoms with Gasteiger partial charge in [0, 0.05) is 37.4 Å². The van der Waals surface area contributed by atoms with Crippen LogP contribution in [0, 0.1) is 0 Å². The number of carbonyl (C=O) groups is 2. The molecule has 1 fully saturated rings. The van der Waals surface area contributed by atoms with Gasteiger partial charge in [0.25, 0.3) is 0 Å². The lowest BCUT2D eigenvalue weighted by Gasteiger charge is -2.26. The average Bonchev–Trinajstić information content (AvgIpc) is 2.92. The second kappa shape index (κ2) is 8.82. The molecule has 134 valence electrons. The Bertz CT molecular complexity index is 549. The van der Waals surface area contributed by atoms with Gasteiger partial charge in [0.05, 0.1) is 12.7 Å². The Hall–Kier alpha value is -1.89. The highest BCUT2D eigenvalue weighted by Crippen LogP contribution is 2.17. The third-order valence-corrected chi connectivity index (χ3v) is 4.41. The Morgan fingerprint density at radius 3 is 2.62 bits per heavy atom. The number of imide groups is 1. The van der Waals surface area contributed by atoms with Gasteiger partial charge >= 0.3 is 6.03 Å². The Balaban J connectivity index is 1.80. The van der Waals surface area contributed by atoms with E-state index in [0.29, 0.717) is 6.54 Å². The number of rotatable bonds is 6. The van der Waals surface area contributed by atoms with Gasteiger partial charge in [0.1, 0.15) is 0 Å². The van der Waals surface area contributed by atoms with Gasteiger partial charge in [-0.2, -0.15) is 5.10 Å². The fourth-order valence-corrected chi connectivity index (χ4v) is 3.03. The topological polar surface area (TPSA) is 79.3 Å². The summed E-state index contributed by atoms with van der Waals surface area (Å²) in [5.74, 6) is -0.277. The smallest absolute Gasteiger partial charge is 0.321 e.